The number of rotatable bonds is 4. The van der Waals surface area contributed by atoms with Gasteiger partial charge in [0, 0.05) is 42.2 Å². The Morgan fingerprint density at radius 3 is 2.57 bits per heavy atom. The second-order valence-electron chi connectivity index (χ2n) is 8.63. The van der Waals surface area contributed by atoms with Crippen molar-refractivity contribution in [2.75, 3.05) is 4.90 Å². The lowest BCUT2D eigenvalue weighted by Crippen LogP contribution is -2.37. The van der Waals surface area contributed by atoms with Crippen LogP contribution >= 0.6 is 0 Å². The van der Waals surface area contributed by atoms with E-state index in [1.165, 1.54) is 24.3 Å². The number of aryl methyl sites for hydroxylation is 1. The lowest BCUT2D eigenvalue weighted by molar-refractivity contribution is -0.384. The monoisotopic (exact) mass is 468 g/mol. The SMILES string of the molecule is Cc1ccc([N+](=O)[O-])cc1N1C2=C(C(=O)CCC2)[C@@H](c2cccc(F)c2)C(C#N)=C1n1cccc1. The average Bonchev–Trinajstić information content (AvgIpc) is 3.38. The summed E-state index contributed by atoms with van der Waals surface area (Å²) in [4.78, 5) is 26.3. The molecule has 35 heavy (non-hydrogen) atoms. The van der Waals surface area contributed by atoms with Crippen LogP contribution in [0.2, 0.25) is 0 Å². The molecule has 0 amide bonds. The number of allylic oxidation sites excluding steroid dienone is 3. The zero-order valence-corrected chi connectivity index (χ0v) is 18.9. The Morgan fingerprint density at radius 2 is 1.89 bits per heavy atom. The molecule has 2 heterocycles. The van der Waals surface area contributed by atoms with Crippen molar-refractivity contribution in [3.8, 4) is 6.07 Å². The molecule has 5 rings (SSSR count). The van der Waals surface area contributed by atoms with Crippen molar-refractivity contribution in [1.82, 2.24) is 4.57 Å². The number of nitriles is 1. The van der Waals surface area contributed by atoms with Gasteiger partial charge in [0.25, 0.3) is 5.69 Å². The summed E-state index contributed by atoms with van der Waals surface area (Å²) in [5.41, 5.74) is 3.10. The van der Waals surface area contributed by atoms with E-state index >= 15 is 0 Å². The van der Waals surface area contributed by atoms with Gasteiger partial charge in [-0.1, -0.05) is 18.2 Å². The molecule has 7 nitrogen and oxygen atoms in total. The van der Waals surface area contributed by atoms with Gasteiger partial charge in [-0.3, -0.25) is 19.8 Å². The summed E-state index contributed by atoms with van der Waals surface area (Å²) < 4.78 is 16.0. The molecule has 0 unspecified atom stereocenters. The van der Waals surface area contributed by atoms with Crippen LogP contribution in [0, 0.1) is 34.2 Å². The van der Waals surface area contributed by atoms with Crippen LogP contribution in [0.15, 0.2) is 83.8 Å². The fourth-order valence-corrected chi connectivity index (χ4v) is 5.00. The van der Waals surface area contributed by atoms with E-state index in [2.05, 4.69) is 6.07 Å². The smallest absolute Gasteiger partial charge is 0.271 e. The van der Waals surface area contributed by atoms with Crippen LogP contribution in [-0.4, -0.2) is 15.3 Å². The number of anilines is 1. The standard InChI is InChI=1S/C27H21FN4O3/c1-17-10-11-20(32(34)35)15-23(17)31-22-8-5-9-24(33)26(22)25(18-6-4-7-19(28)14-18)21(16-29)27(31)30-12-2-3-13-30/h2-4,6-7,10-15,25H,5,8-9H2,1H3/t25-/m0/s1. The Labute approximate surface area is 201 Å². The van der Waals surface area contributed by atoms with E-state index in [-0.39, 0.29) is 17.0 Å². The summed E-state index contributed by atoms with van der Waals surface area (Å²) in [6.07, 6.45) is 5.04. The zero-order valence-electron chi connectivity index (χ0n) is 18.9. The molecule has 2 aromatic carbocycles. The highest BCUT2D eigenvalue weighted by Gasteiger charge is 2.42. The normalized spacial score (nSPS) is 17.9. The summed E-state index contributed by atoms with van der Waals surface area (Å²) in [7, 11) is 0. The molecule has 1 atom stereocenters. The first-order chi connectivity index (χ1) is 16.9. The molecule has 1 aromatic heterocycles. The number of nitrogens with zero attached hydrogens (tertiary/aromatic N) is 4. The second kappa shape index (κ2) is 8.69. The van der Waals surface area contributed by atoms with E-state index in [4.69, 9.17) is 0 Å². The third-order valence-corrected chi connectivity index (χ3v) is 6.52. The van der Waals surface area contributed by atoms with E-state index in [1.807, 2.05) is 24.0 Å². The van der Waals surface area contributed by atoms with Crippen molar-refractivity contribution in [1.29, 1.82) is 5.26 Å². The molecule has 1 aliphatic carbocycles. The van der Waals surface area contributed by atoms with E-state index in [0.29, 0.717) is 47.6 Å². The lowest BCUT2D eigenvalue weighted by atomic mass is 9.75. The Morgan fingerprint density at radius 1 is 1.11 bits per heavy atom. The summed E-state index contributed by atoms with van der Waals surface area (Å²) in [6, 6.07) is 16.5. The fourth-order valence-electron chi connectivity index (χ4n) is 5.00. The van der Waals surface area contributed by atoms with Crippen molar-refractivity contribution in [3.05, 3.63) is 111 Å². The quantitative estimate of drug-likeness (QED) is 0.354. The number of nitro benzene ring substituents is 1. The van der Waals surface area contributed by atoms with Gasteiger partial charge < -0.3 is 4.57 Å². The molecule has 174 valence electrons. The van der Waals surface area contributed by atoms with E-state index in [0.717, 1.165) is 5.56 Å². The van der Waals surface area contributed by atoms with E-state index in [1.54, 1.807) is 35.2 Å². The number of Topliss-reactive ketones (excluding diaryl/α,β-unsaturated/α-hetero) is 1. The maximum atomic E-state index is 14.3. The van der Waals surface area contributed by atoms with Crippen LogP contribution in [0.5, 0.6) is 0 Å². The summed E-state index contributed by atoms with van der Waals surface area (Å²) in [5.74, 6) is -0.826. The van der Waals surface area contributed by atoms with Gasteiger partial charge in [-0.15, -0.1) is 0 Å². The molecule has 8 heteroatoms. The minimum absolute atomic E-state index is 0.0903. The lowest BCUT2D eigenvalue weighted by Gasteiger charge is -2.41. The number of carbonyl (C=O) groups excluding carboxylic acids is 1. The highest BCUT2D eigenvalue weighted by molar-refractivity contribution is 6.03. The van der Waals surface area contributed by atoms with Gasteiger partial charge >= 0.3 is 0 Å². The third-order valence-electron chi connectivity index (χ3n) is 6.52. The van der Waals surface area contributed by atoms with Gasteiger partial charge in [-0.2, -0.15) is 5.26 Å². The predicted octanol–water partition coefficient (Wildman–Crippen LogP) is 5.85. The zero-order chi connectivity index (χ0) is 24.7. The van der Waals surface area contributed by atoms with Crippen LogP contribution in [-0.2, 0) is 4.79 Å². The number of hydrogen-bond acceptors (Lipinski definition) is 5. The average molecular weight is 468 g/mol. The largest absolute Gasteiger partial charge is 0.309 e. The van der Waals surface area contributed by atoms with Crippen LogP contribution in [0.1, 0.15) is 36.3 Å². The summed E-state index contributed by atoms with van der Waals surface area (Å²) in [6.45, 7) is 1.84. The highest BCUT2D eigenvalue weighted by atomic mass is 19.1. The topological polar surface area (TPSA) is 92.2 Å². The Hall–Kier alpha value is -4.51. The molecular formula is C27H21FN4O3. The molecule has 0 N–H and O–H groups in total. The van der Waals surface area contributed by atoms with Crippen LogP contribution in [0.25, 0.3) is 5.82 Å². The van der Waals surface area contributed by atoms with Crippen LogP contribution < -0.4 is 4.90 Å². The molecule has 0 saturated carbocycles. The minimum atomic E-state index is -0.744. The van der Waals surface area contributed by atoms with Gasteiger partial charge in [0.1, 0.15) is 11.6 Å². The van der Waals surface area contributed by atoms with Crippen LogP contribution in [0.3, 0.4) is 0 Å². The first-order valence-electron chi connectivity index (χ1n) is 11.2. The predicted molar refractivity (Wildman–Crippen MR) is 129 cm³/mol. The first-order valence-corrected chi connectivity index (χ1v) is 11.2. The maximum Gasteiger partial charge on any atom is 0.271 e. The number of hydrogen-bond donors (Lipinski definition) is 0. The van der Waals surface area contributed by atoms with Gasteiger partial charge in [0.2, 0.25) is 0 Å². The third kappa shape index (κ3) is 3.71. The molecule has 1 aliphatic heterocycles. The van der Waals surface area contributed by atoms with Crippen molar-refractivity contribution in [2.24, 2.45) is 0 Å². The van der Waals surface area contributed by atoms with Gasteiger partial charge in [0.05, 0.1) is 28.2 Å². The molecule has 0 fully saturated rings. The number of nitro groups is 1. The maximum absolute atomic E-state index is 14.3. The van der Waals surface area contributed by atoms with Crippen molar-refractivity contribution < 1.29 is 14.1 Å². The molecular weight excluding hydrogens is 447 g/mol. The fraction of sp³-hybridized carbons (Fsp3) is 0.185. The molecule has 0 radical (unpaired) electrons. The number of carbonyl (C=O) groups is 1. The molecule has 0 spiro atoms. The second-order valence-corrected chi connectivity index (χ2v) is 8.63. The number of non-ortho nitro benzene ring substituents is 1. The Bertz CT molecular complexity index is 1460. The molecule has 3 aromatic rings. The van der Waals surface area contributed by atoms with Gasteiger partial charge in [-0.05, 0) is 55.2 Å². The number of halogens is 1. The van der Waals surface area contributed by atoms with E-state index in [9.17, 15) is 24.6 Å². The number of benzene rings is 2. The van der Waals surface area contributed by atoms with Crippen molar-refractivity contribution in [3.63, 3.8) is 0 Å². The number of ketones is 1. The first kappa shape index (κ1) is 22.3. The van der Waals surface area contributed by atoms with Crippen molar-refractivity contribution in [2.45, 2.75) is 32.1 Å². The molecule has 2 aliphatic rings. The highest BCUT2D eigenvalue weighted by Crippen LogP contribution is 2.49. The number of aromatic nitrogens is 1. The van der Waals surface area contributed by atoms with Crippen LogP contribution in [0.4, 0.5) is 15.8 Å². The van der Waals surface area contributed by atoms with E-state index < -0.39 is 16.7 Å². The summed E-state index contributed by atoms with van der Waals surface area (Å²) >= 11 is 0. The summed E-state index contributed by atoms with van der Waals surface area (Å²) in [5, 5.41) is 22.0. The van der Waals surface area contributed by atoms with Gasteiger partial charge in [0.15, 0.2) is 5.78 Å². The molecule has 0 bridgehead atoms. The van der Waals surface area contributed by atoms with Gasteiger partial charge in [-0.25, -0.2) is 4.39 Å². The Balaban J connectivity index is 1.88. The Kier molecular flexibility index (Phi) is 5.53. The van der Waals surface area contributed by atoms with Crippen molar-refractivity contribution >= 4 is 23.0 Å². The molecule has 0 saturated heterocycles. The minimum Gasteiger partial charge on any atom is -0.309 e.